The van der Waals surface area contributed by atoms with E-state index in [1.165, 1.54) is 11.1 Å². The second-order valence-corrected chi connectivity index (χ2v) is 8.19. The summed E-state index contributed by atoms with van der Waals surface area (Å²) in [4.78, 5) is 0. The number of halogens is 2. The summed E-state index contributed by atoms with van der Waals surface area (Å²) in [6, 6.07) is 0. The molecule has 0 aliphatic heterocycles. The van der Waals surface area contributed by atoms with E-state index in [2.05, 4.69) is 29.8 Å². The van der Waals surface area contributed by atoms with Crippen molar-refractivity contribution in [3.05, 3.63) is 22.8 Å². The van der Waals surface area contributed by atoms with Crippen LogP contribution in [0.15, 0.2) is 22.8 Å². The lowest BCUT2D eigenvalue weighted by atomic mass is 9.83. The maximum absolute atomic E-state index is 9.94. The number of aliphatic hydroxyl groups is 1. The predicted molar refractivity (Wildman–Crippen MR) is 83.6 cm³/mol. The van der Waals surface area contributed by atoms with Gasteiger partial charge in [-0.15, -0.1) is 11.6 Å². The molecule has 0 saturated heterocycles. The van der Waals surface area contributed by atoms with Crippen molar-refractivity contribution in [2.24, 2.45) is 0 Å². The van der Waals surface area contributed by atoms with E-state index in [1.54, 1.807) is 0 Å². The summed E-state index contributed by atoms with van der Waals surface area (Å²) in [5.41, 5.74) is 3.88. The van der Waals surface area contributed by atoms with Crippen LogP contribution >= 0.6 is 27.5 Å². The van der Waals surface area contributed by atoms with E-state index < -0.39 is 0 Å². The molecule has 0 aromatic carbocycles. The van der Waals surface area contributed by atoms with Gasteiger partial charge in [0.1, 0.15) is 0 Å². The Morgan fingerprint density at radius 2 is 2.17 bits per heavy atom. The molecule has 3 atom stereocenters. The summed E-state index contributed by atoms with van der Waals surface area (Å²) >= 11 is 10.1. The minimum Gasteiger partial charge on any atom is -0.389 e. The van der Waals surface area contributed by atoms with Crippen molar-refractivity contribution in [1.82, 2.24) is 0 Å². The minimum atomic E-state index is -0.367. The molecule has 1 saturated carbocycles. The first-order valence-electron chi connectivity index (χ1n) is 6.56. The average molecular weight is 336 g/mol. The van der Waals surface area contributed by atoms with Crippen molar-refractivity contribution in [1.29, 1.82) is 0 Å². The van der Waals surface area contributed by atoms with Gasteiger partial charge in [-0.25, -0.2) is 0 Å². The Balaban J connectivity index is 2.68. The van der Waals surface area contributed by atoms with E-state index in [0.717, 1.165) is 31.3 Å². The smallest absolute Gasteiger partial charge is 0.0760 e. The van der Waals surface area contributed by atoms with E-state index in [4.69, 9.17) is 11.6 Å². The van der Waals surface area contributed by atoms with Crippen LogP contribution in [0, 0.1) is 0 Å². The van der Waals surface area contributed by atoms with Gasteiger partial charge in [0.05, 0.1) is 11.5 Å². The van der Waals surface area contributed by atoms with E-state index in [-0.39, 0.29) is 15.8 Å². The zero-order valence-electron chi connectivity index (χ0n) is 11.8. The molecule has 3 heteroatoms. The third-order valence-electron chi connectivity index (χ3n) is 3.64. The molecule has 0 aromatic rings. The topological polar surface area (TPSA) is 20.2 Å². The predicted octanol–water partition coefficient (Wildman–Crippen LogP) is 4.97. The van der Waals surface area contributed by atoms with Gasteiger partial charge in [0.2, 0.25) is 0 Å². The van der Waals surface area contributed by atoms with Gasteiger partial charge in [-0.05, 0) is 53.4 Å². The van der Waals surface area contributed by atoms with Crippen LogP contribution in [0.2, 0.25) is 0 Å². The standard InChI is InChI=1S/C15H24BrClO/c1-10(2)7-13(18)8-11(3)12-5-6-15(4,16)14(17)9-12/h7,13-14,18H,5-6,8-9H2,1-4H3/b12-11+/t13?,14-,15-/m0/s1. The molecule has 18 heavy (non-hydrogen) atoms. The Kier molecular flexibility index (Phi) is 5.95. The van der Waals surface area contributed by atoms with E-state index in [1.807, 2.05) is 19.9 Å². The van der Waals surface area contributed by atoms with Crippen molar-refractivity contribution in [2.45, 2.75) is 69.2 Å². The zero-order chi connectivity index (χ0) is 13.9. The zero-order valence-corrected chi connectivity index (χ0v) is 14.1. The molecule has 1 nitrogen and oxygen atoms in total. The summed E-state index contributed by atoms with van der Waals surface area (Å²) in [5.74, 6) is 0. The van der Waals surface area contributed by atoms with E-state index in [0.29, 0.717) is 0 Å². The average Bonchev–Trinajstić information content (AvgIpc) is 2.20. The normalized spacial score (nSPS) is 32.9. The quantitative estimate of drug-likeness (QED) is 0.570. The number of aliphatic hydroxyl groups excluding tert-OH is 1. The summed E-state index contributed by atoms with van der Waals surface area (Å²) < 4.78 is 0.0524. The highest BCUT2D eigenvalue weighted by atomic mass is 79.9. The lowest BCUT2D eigenvalue weighted by Gasteiger charge is -2.35. The highest BCUT2D eigenvalue weighted by Gasteiger charge is 2.34. The van der Waals surface area contributed by atoms with Crippen LogP contribution < -0.4 is 0 Å². The third kappa shape index (κ3) is 4.71. The molecule has 104 valence electrons. The highest BCUT2D eigenvalue weighted by Crippen LogP contribution is 2.42. The number of allylic oxidation sites excluding steroid dienone is 2. The monoisotopic (exact) mass is 334 g/mol. The fraction of sp³-hybridized carbons (Fsp3) is 0.733. The Morgan fingerprint density at radius 1 is 1.56 bits per heavy atom. The molecule has 1 unspecified atom stereocenters. The molecule has 0 bridgehead atoms. The Hall–Kier alpha value is 0.210. The van der Waals surface area contributed by atoms with Gasteiger partial charge < -0.3 is 5.11 Å². The van der Waals surface area contributed by atoms with Gasteiger partial charge in [0.15, 0.2) is 0 Å². The third-order valence-corrected chi connectivity index (χ3v) is 5.49. The molecule has 0 amide bonds. The van der Waals surface area contributed by atoms with Crippen LogP contribution in [0.25, 0.3) is 0 Å². The molecule has 0 heterocycles. The van der Waals surface area contributed by atoms with Gasteiger partial charge in [-0.1, -0.05) is 38.7 Å². The van der Waals surface area contributed by atoms with Gasteiger partial charge in [0, 0.05) is 4.32 Å². The largest absolute Gasteiger partial charge is 0.389 e. The summed E-state index contributed by atoms with van der Waals surface area (Å²) in [6.07, 6.45) is 5.35. The van der Waals surface area contributed by atoms with Crippen molar-refractivity contribution in [3.8, 4) is 0 Å². The van der Waals surface area contributed by atoms with Gasteiger partial charge >= 0.3 is 0 Å². The number of rotatable bonds is 3. The first-order valence-corrected chi connectivity index (χ1v) is 7.79. The maximum atomic E-state index is 9.94. The Bertz CT molecular complexity index is 354. The van der Waals surface area contributed by atoms with Crippen molar-refractivity contribution in [2.75, 3.05) is 0 Å². The number of alkyl halides is 2. The van der Waals surface area contributed by atoms with Crippen LogP contribution in [0.1, 0.15) is 53.4 Å². The summed E-state index contributed by atoms with van der Waals surface area (Å²) in [7, 11) is 0. The molecule has 0 aromatic heterocycles. The Labute approximate surface area is 124 Å². The molecule has 1 N–H and O–H groups in total. The highest BCUT2D eigenvalue weighted by molar-refractivity contribution is 9.10. The first-order chi connectivity index (χ1) is 8.22. The van der Waals surface area contributed by atoms with Crippen molar-refractivity contribution >= 4 is 27.5 Å². The maximum Gasteiger partial charge on any atom is 0.0760 e. The van der Waals surface area contributed by atoms with Gasteiger partial charge in [-0.3, -0.25) is 0 Å². The lowest BCUT2D eigenvalue weighted by Crippen LogP contribution is -2.33. The van der Waals surface area contributed by atoms with Crippen LogP contribution in [0.4, 0.5) is 0 Å². The summed E-state index contributed by atoms with van der Waals surface area (Å²) in [6.45, 7) is 8.31. The van der Waals surface area contributed by atoms with Crippen molar-refractivity contribution in [3.63, 3.8) is 0 Å². The van der Waals surface area contributed by atoms with E-state index in [9.17, 15) is 5.11 Å². The van der Waals surface area contributed by atoms with Crippen LogP contribution in [-0.4, -0.2) is 20.9 Å². The molecular formula is C15H24BrClO. The second-order valence-electron chi connectivity index (χ2n) is 5.85. The molecule has 0 radical (unpaired) electrons. The van der Waals surface area contributed by atoms with Crippen LogP contribution in [0.3, 0.4) is 0 Å². The molecular weight excluding hydrogens is 312 g/mol. The molecule has 0 spiro atoms. The minimum absolute atomic E-state index is 0.0524. The van der Waals surface area contributed by atoms with Gasteiger partial charge in [-0.2, -0.15) is 0 Å². The first kappa shape index (κ1) is 16.3. The van der Waals surface area contributed by atoms with Crippen molar-refractivity contribution < 1.29 is 5.11 Å². The number of hydrogen-bond donors (Lipinski definition) is 1. The molecule has 1 rings (SSSR count). The number of hydrogen-bond acceptors (Lipinski definition) is 1. The van der Waals surface area contributed by atoms with E-state index >= 15 is 0 Å². The second kappa shape index (κ2) is 6.58. The molecule has 1 aliphatic rings. The lowest BCUT2D eigenvalue weighted by molar-refractivity contribution is 0.222. The molecule has 1 aliphatic carbocycles. The van der Waals surface area contributed by atoms with Crippen LogP contribution in [-0.2, 0) is 0 Å². The SMILES string of the molecule is CC(C)=CC(O)C/C(C)=C1\CC[C@](C)(Br)[C@@H](Cl)C1. The summed E-state index contributed by atoms with van der Waals surface area (Å²) in [5, 5.41) is 10.1. The Morgan fingerprint density at radius 3 is 2.67 bits per heavy atom. The van der Waals surface area contributed by atoms with Gasteiger partial charge in [0.25, 0.3) is 0 Å². The van der Waals surface area contributed by atoms with Crippen LogP contribution in [0.5, 0.6) is 0 Å². The fourth-order valence-corrected chi connectivity index (χ4v) is 3.03. The fourth-order valence-electron chi connectivity index (χ4n) is 2.37. The molecule has 1 fully saturated rings.